The monoisotopic (exact) mass is 268 g/mol. The van der Waals surface area contributed by atoms with Gasteiger partial charge in [0.2, 0.25) is 0 Å². The maximum absolute atomic E-state index is 11.5. The second-order valence-corrected chi connectivity index (χ2v) is 3.90. The number of methoxy groups -OCH3 is 1. The molecule has 0 aromatic rings. The Bertz CT molecular complexity index is 375. The van der Waals surface area contributed by atoms with Crippen LogP contribution in [0.15, 0.2) is 0 Å². The van der Waals surface area contributed by atoms with Gasteiger partial charge in [-0.25, -0.2) is 0 Å². The van der Waals surface area contributed by atoms with Crippen LogP contribution < -0.4 is 0 Å². The number of hydrogen-bond donors (Lipinski definition) is 0. The Kier molecular flexibility index (Phi) is 9.15. The molecular formula is C14H20O5. The third-order valence-electron chi connectivity index (χ3n) is 2.40. The van der Waals surface area contributed by atoms with Gasteiger partial charge in [-0.05, 0) is 20.3 Å². The Labute approximate surface area is 113 Å². The summed E-state index contributed by atoms with van der Waals surface area (Å²) in [6, 6.07) is 0. The predicted molar refractivity (Wildman–Crippen MR) is 69.1 cm³/mol. The molecule has 0 heterocycles. The van der Waals surface area contributed by atoms with Crippen LogP contribution in [0, 0.1) is 17.8 Å². The molecule has 0 aliphatic rings. The van der Waals surface area contributed by atoms with E-state index in [4.69, 9.17) is 4.74 Å². The minimum absolute atomic E-state index is 0.159. The average Bonchev–Trinajstić information content (AvgIpc) is 2.37. The molecule has 1 atom stereocenters. The van der Waals surface area contributed by atoms with Crippen molar-refractivity contribution in [3.63, 3.8) is 0 Å². The summed E-state index contributed by atoms with van der Waals surface area (Å²) in [5.74, 6) is 3.75. The maximum Gasteiger partial charge on any atom is 0.317 e. The molecule has 19 heavy (non-hydrogen) atoms. The van der Waals surface area contributed by atoms with Crippen molar-refractivity contribution in [2.75, 3.05) is 13.7 Å². The number of ether oxygens (including phenoxy) is 2. The summed E-state index contributed by atoms with van der Waals surface area (Å²) < 4.78 is 9.29. The van der Waals surface area contributed by atoms with Gasteiger partial charge in [-0.1, -0.05) is 0 Å². The number of hydrogen-bond acceptors (Lipinski definition) is 5. The molecule has 0 aromatic carbocycles. The molecular weight excluding hydrogens is 248 g/mol. The molecule has 1 unspecified atom stereocenters. The summed E-state index contributed by atoms with van der Waals surface area (Å²) in [5.41, 5.74) is 0. The fourth-order valence-corrected chi connectivity index (χ4v) is 1.32. The predicted octanol–water partition coefficient (Wildman–Crippen LogP) is 1.49. The van der Waals surface area contributed by atoms with Crippen LogP contribution in [0.2, 0.25) is 0 Å². The zero-order chi connectivity index (χ0) is 14.7. The lowest BCUT2D eigenvalue weighted by Gasteiger charge is -2.08. The molecule has 0 aliphatic carbocycles. The lowest BCUT2D eigenvalue weighted by atomic mass is 10.0. The van der Waals surface area contributed by atoms with Crippen LogP contribution in [-0.4, -0.2) is 31.4 Å². The topological polar surface area (TPSA) is 69.7 Å². The van der Waals surface area contributed by atoms with E-state index in [0.29, 0.717) is 19.3 Å². The fourth-order valence-electron chi connectivity index (χ4n) is 1.32. The number of carbonyl (C=O) groups is 3. The fraction of sp³-hybridized carbons (Fsp3) is 0.643. The minimum atomic E-state index is -0.812. The van der Waals surface area contributed by atoms with Crippen LogP contribution in [0.5, 0.6) is 0 Å². The van der Waals surface area contributed by atoms with Gasteiger partial charge in [0.05, 0.1) is 13.7 Å². The summed E-state index contributed by atoms with van der Waals surface area (Å²) in [6.45, 7) is 3.28. The standard InChI is InChI=1S/C14H20O5/c1-4-19-14(17)12(11(2)15)9-7-5-6-8-10-13(16)18-3/h12H,4,6,8-10H2,1-3H3. The van der Waals surface area contributed by atoms with Crippen molar-refractivity contribution in [2.45, 2.75) is 39.5 Å². The lowest BCUT2D eigenvalue weighted by Crippen LogP contribution is -2.23. The van der Waals surface area contributed by atoms with Crippen molar-refractivity contribution in [1.82, 2.24) is 0 Å². The molecule has 0 radical (unpaired) electrons. The molecule has 0 saturated heterocycles. The highest BCUT2D eigenvalue weighted by molar-refractivity contribution is 5.97. The van der Waals surface area contributed by atoms with Crippen molar-refractivity contribution >= 4 is 17.7 Å². The quantitative estimate of drug-likeness (QED) is 0.303. The van der Waals surface area contributed by atoms with Gasteiger partial charge in [-0.2, -0.15) is 0 Å². The van der Waals surface area contributed by atoms with Crippen LogP contribution in [0.3, 0.4) is 0 Å². The molecule has 0 saturated carbocycles. The van der Waals surface area contributed by atoms with Gasteiger partial charge in [0.15, 0.2) is 0 Å². The largest absolute Gasteiger partial charge is 0.469 e. The molecule has 5 nitrogen and oxygen atoms in total. The Balaban J connectivity index is 4.09. The molecule has 0 aromatic heterocycles. The SMILES string of the molecule is CCOC(=O)C(CC#CCCCC(=O)OC)C(C)=O. The first-order valence-corrected chi connectivity index (χ1v) is 6.22. The van der Waals surface area contributed by atoms with E-state index in [2.05, 4.69) is 16.6 Å². The molecule has 0 fully saturated rings. The number of ketones is 1. The maximum atomic E-state index is 11.5. The third kappa shape index (κ3) is 7.98. The molecule has 5 heteroatoms. The van der Waals surface area contributed by atoms with Gasteiger partial charge in [0, 0.05) is 19.3 Å². The highest BCUT2D eigenvalue weighted by atomic mass is 16.5. The van der Waals surface area contributed by atoms with Crippen molar-refractivity contribution in [3.05, 3.63) is 0 Å². The number of carbonyl (C=O) groups excluding carboxylic acids is 3. The van der Waals surface area contributed by atoms with Crippen LogP contribution >= 0.6 is 0 Å². The van der Waals surface area contributed by atoms with Gasteiger partial charge < -0.3 is 9.47 Å². The Morgan fingerprint density at radius 3 is 2.42 bits per heavy atom. The second-order valence-electron chi connectivity index (χ2n) is 3.90. The molecule has 0 rings (SSSR count). The number of unbranched alkanes of at least 4 members (excludes halogenated alkanes) is 1. The van der Waals surface area contributed by atoms with Gasteiger partial charge in [-0.3, -0.25) is 14.4 Å². The van der Waals surface area contributed by atoms with E-state index >= 15 is 0 Å². The van der Waals surface area contributed by atoms with E-state index in [-0.39, 0.29) is 24.8 Å². The highest BCUT2D eigenvalue weighted by Gasteiger charge is 2.23. The summed E-state index contributed by atoms with van der Waals surface area (Å²) >= 11 is 0. The molecule has 0 aliphatic heterocycles. The van der Waals surface area contributed by atoms with Crippen molar-refractivity contribution in [1.29, 1.82) is 0 Å². The van der Waals surface area contributed by atoms with E-state index in [1.807, 2.05) is 0 Å². The van der Waals surface area contributed by atoms with Crippen molar-refractivity contribution in [3.8, 4) is 11.8 Å². The first-order valence-electron chi connectivity index (χ1n) is 6.22. The van der Waals surface area contributed by atoms with Crippen LogP contribution in [-0.2, 0) is 23.9 Å². The number of esters is 2. The smallest absolute Gasteiger partial charge is 0.317 e. The van der Waals surface area contributed by atoms with E-state index in [9.17, 15) is 14.4 Å². The Morgan fingerprint density at radius 1 is 1.21 bits per heavy atom. The third-order valence-corrected chi connectivity index (χ3v) is 2.40. The molecule has 0 N–H and O–H groups in total. The average molecular weight is 268 g/mol. The van der Waals surface area contributed by atoms with Gasteiger partial charge in [0.1, 0.15) is 11.7 Å². The second kappa shape index (κ2) is 10.1. The lowest BCUT2D eigenvalue weighted by molar-refractivity contribution is -0.151. The summed E-state index contributed by atoms with van der Waals surface area (Å²) in [5, 5.41) is 0. The van der Waals surface area contributed by atoms with Gasteiger partial charge in [0.25, 0.3) is 0 Å². The zero-order valence-corrected chi connectivity index (χ0v) is 11.7. The van der Waals surface area contributed by atoms with Gasteiger partial charge in [-0.15, -0.1) is 11.8 Å². The minimum Gasteiger partial charge on any atom is -0.469 e. The number of rotatable bonds is 7. The highest BCUT2D eigenvalue weighted by Crippen LogP contribution is 2.07. The number of Topliss-reactive ketones (excluding diaryl/α,β-unsaturated/α-hetero) is 1. The molecule has 0 amide bonds. The van der Waals surface area contributed by atoms with Crippen LogP contribution in [0.1, 0.15) is 39.5 Å². The van der Waals surface area contributed by atoms with Crippen molar-refractivity contribution in [2.24, 2.45) is 5.92 Å². The van der Waals surface area contributed by atoms with E-state index in [1.54, 1.807) is 6.92 Å². The van der Waals surface area contributed by atoms with Crippen LogP contribution in [0.4, 0.5) is 0 Å². The van der Waals surface area contributed by atoms with E-state index < -0.39 is 11.9 Å². The molecule has 0 bridgehead atoms. The Hall–Kier alpha value is -1.83. The van der Waals surface area contributed by atoms with Gasteiger partial charge >= 0.3 is 11.9 Å². The van der Waals surface area contributed by atoms with E-state index in [1.165, 1.54) is 14.0 Å². The Morgan fingerprint density at radius 2 is 1.89 bits per heavy atom. The zero-order valence-electron chi connectivity index (χ0n) is 11.7. The van der Waals surface area contributed by atoms with Crippen LogP contribution in [0.25, 0.3) is 0 Å². The summed E-state index contributed by atoms with van der Waals surface area (Å²) in [4.78, 5) is 33.6. The summed E-state index contributed by atoms with van der Waals surface area (Å²) in [7, 11) is 1.34. The van der Waals surface area contributed by atoms with E-state index in [0.717, 1.165) is 0 Å². The molecule has 106 valence electrons. The molecule has 0 spiro atoms. The summed E-state index contributed by atoms with van der Waals surface area (Å²) in [6.07, 6.45) is 1.61. The first kappa shape index (κ1) is 17.2. The first-order chi connectivity index (χ1) is 9.02. The van der Waals surface area contributed by atoms with Crippen molar-refractivity contribution < 1.29 is 23.9 Å². The normalized spacial score (nSPS) is 10.9.